The van der Waals surface area contributed by atoms with Crippen LogP contribution >= 0.6 is 11.8 Å². The van der Waals surface area contributed by atoms with E-state index in [0.29, 0.717) is 17.4 Å². The van der Waals surface area contributed by atoms with Crippen LogP contribution in [-0.4, -0.2) is 61.3 Å². The van der Waals surface area contributed by atoms with Gasteiger partial charge in [-0.05, 0) is 109 Å². The van der Waals surface area contributed by atoms with Crippen molar-refractivity contribution in [3.05, 3.63) is 163 Å². The number of fused-ring (bicyclic) bond motifs is 1. The van der Waals surface area contributed by atoms with E-state index in [0.717, 1.165) is 96.5 Å². The van der Waals surface area contributed by atoms with E-state index in [-0.39, 0.29) is 18.0 Å². The molecule has 0 radical (unpaired) electrons. The van der Waals surface area contributed by atoms with E-state index in [2.05, 4.69) is 107 Å². The minimum Gasteiger partial charge on any atom is -0.399 e. The number of likely N-dealkylation sites (N-methyl/N-ethyl adjacent to an activating group) is 1. The third-order valence-corrected chi connectivity index (χ3v) is 12.6. The number of rotatable bonds is 12. The molecule has 1 saturated heterocycles. The van der Waals surface area contributed by atoms with Crippen LogP contribution in [0.1, 0.15) is 61.8 Å². The number of amides is 1. The standard InChI is InChI=1S/C51H49N9OS/c1-32(2)42-26-25-41-48(56-42)54-31-55-49(41)57-43-29-38(20-27-46(43)62-40-23-21-39(52)22-24-40)35-14-12-33(13-15-35)34-16-18-36(19-17-34)44-30-53-50(58-44)45-11-8-28-60(45)51(61)47(59(3)4)37-9-6-5-7-10-37/h5-7,9-10,12-27,29-32,45,47H,8,11,28,52H2,1-4H3,(H,53,58)(H,54,55,56,57). The van der Waals surface area contributed by atoms with Crippen LogP contribution in [0.4, 0.5) is 17.2 Å². The van der Waals surface area contributed by atoms with Crippen molar-refractivity contribution in [2.75, 3.05) is 31.7 Å². The lowest BCUT2D eigenvalue weighted by Crippen LogP contribution is -2.40. The molecular formula is C51H49N9OS. The summed E-state index contributed by atoms with van der Waals surface area (Å²) in [5.41, 5.74) is 16.6. The van der Waals surface area contributed by atoms with E-state index in [1.807, 2.05) is 90.8 Å². The summed E-state index contributed by atoms with van der Waals surface area (Å²) in [7, 11) is 3.93. The predicted molar refractivity (Wildman–Crippen MR) is 251 cm³/mol. The highest BCUT2D eigenvalue weighted by molar-refractivity contribution is 7.99. The van der Waals surface area contributed by atoms with Crippen molar-refractivity contribution in [3.63, 3.8) is 0 Å². The first-order valence-corrected chi connectivity index (χ1v) is 21.8. The lowest BCUT2D eigenvalue weighted by molar-refractivity contribution is -0.137. The van der Waals surface area contributed by atoms with Crippen molar-refractivity contribution in [2.24, 2.45) is 0 Å². The van der Waals surface area contributed by atoms with Crippen molar-refractivity contribution in [3.8, 4) is 33.5 Å². The molecule has 1 fully saturated rings. The molecule has 2 atom stereocenters. The Morgan fingerprint density at radius 2 is 1.48 bits per heavy atom. The summed E-state index contributed by atoms with van der Waals surface area (Å²) in [6.45, 7) is 4.98. The molecule has 4 heterocycles. The number of nitrogen functional groups attached to an aromatic ring is 1. The highest BCUT2D eigenvalue weighted by Crippen LogP contribution is 2.40. The van der Waals surface area contributed by atoms with E-state index >= 15 is 0 Å². The van der Waals surface area contributed by atoms with Crippen molar-refractivity contribution in [2.45, 2.75) is 54.5 Å². The van der Waals surface area contributed by atoms with Crippen molar-refractivity contribution < 1.29 is 4.79 Å². The number of carbonyl (C=O) groups is 1. The van der Waals surface area contributed by atoms with Crippen LogP contribution in [0.15, 0.2) is 156 Å². The summed E-state index contributed by atoms with van der Waals surface area (Å²) in [5, 5.41) is 4.50. The zero-order valence-electron chi connectivity index (χ0n) is 35.3. The fourth-order valence-electron chi connectivity index (χ4n) is 8.18. The molecule has 8 aromatic rings. The van der Waals surface area contributed by atoms with Crippen LogP contribution in [0.5, 0.6) is 0 Å². The number of likely N-dealkylation sites (tertiary alicyclic amines) is 1. The van der Waals surface area contributed by atoms with Crippen LogP contribution in [0.3, 0.4) is 0 Å². The van der Waals surface area contributed by atoms with Crippen LogP contribution in [0, 0.1) is 0 Å². The average Bonchev–Trinajstić information content (AvgIpc) is 3.99. The fraction of sp³-hybridized carbons (Fsp3) is 0.196. The van der Waals surface area contributed by atoms with Crippen LogP contribution in [0.25, 0.3) is 44.5 Å². The molecule has 0 bridgehead atoms. The van der Waals surface area contributed by atoms with Gasteiger partial charge < -0.3 is 20.9 Å². The van der Waals surface area contributed by atoms with Gasteiger partial charge in [0.2, 0.25) is 5.91 Å². The monoisotopic (exact) mass is 835 g/mol. The quantitative estimate of drug-likeness (QED) is 0.103. The van der Waals surface area contributed by atoms with Gasteiger partial charge in [0, 0.05) is 39.5 Å². The normalized spacial score (nSPS) is 14.5. The van der Waals surface area contributed by atoms with Gasteiger partial charge >= 0.3 is 0 Å². The third-order valence-electron chi connectivity index (χ3n) is 11.5. The molecule has 4 N–H and O–H groups in total. The zero-order valence-corrected chi connectivity index (χ0v) is 36.1. The lowest BCUT2D eigenvalue weighted by Gasteiger charge is -2.31. The molecule has 5 aromatic carbocycles. The molecule has 0 aliphatic carbocycles. The molecule has 2 unspecified atom stereocenters. The summed E-state index contributed by atoms with van der Waals surface area (Å²) < 4.78 is 0. The number of hydrogen-bond acceptors (Lipinski definition) is 9. The van der Waals surface area contributed by atoms with Gasteiger partial charge in [-0.1, -0.05) is 111 Å². The van der Waals surface area contributed by atoms with Crippen LogP contribution < -0.4 is 11.1 Å². The predicted octanol–water partition coefficient (Wildman–Crippen LogP) is 11.3. The number of benzene rings is 5. The SMILES string of the molecule is CC(C)c1ccc2c(Nc3cc(-c4ccc(-c5ccc(-c6c[nH]c(C7CCCN7C(=O)C(c7ccccc7)N(C)C)n6)cc5)cc4)ccc3Sc3ccc(N)cc3)ncnc2n1. The highest BCUT2D eigenvalue weighted by atomic mass is 32.2. The molecule has 9 rings (SSSR count). The highest BCUT2D eigenvalue weighted by Gasteiger charge is 2.37. The second kappa shape index (κ2) is 17.6. The number of nitrogens with one attached hydrogen (secondary N) is 2. The number of H-pyrrole nitrogens is 1. The molecule has 0 spiro atoms. The first-order valence-electron chi connectivity index (χ1n) is 21.0. The first-order chi connectivity index (χ1) is 30.2. The number of aromatic amines is 1. The topological polar surface area (TPSA) is 129 Å². The maximum Gasteiger partial charge on any atom is 0.245 e. The second-order valence-corrected chi connectivity index (χ2v) is 17.4. The van der Waals surface area contributed by atoms with E-state index in [1.54, 1.807) is 18.1 Å². The smallest absolute Gasteiger partial charge is 0.245 e. The fourth-order valence-corrected chi connectivity index (χ4v) is 9.06. The number of pyridine rings is 1. The average molecular weight is 836 g/mol. The Balaban J connectivity index is 0.932. The number of anilines is 3. The Labute approximate surface area is 366 Å². The summed E-state index contributed by atoms with van der Waals surface area (Å²) in [6, 6.07) is 45.2. The molecule has 62 heavy (non-hydrogen) atoms. The molecule has 10 nitrogen and oxygen atoms in total. The molecule has 0 saturated carbocycles. The number of carbonyl (C=O) groups excluding carboxylic acids is 1. The van der Waals surface area contributed by atoms with Gasteiger partial charge in [0.15, 0.2) is 5.65 Å². The summed E-state index contributed by atoms with van der Waals surface area (Å²) in [4.78, 5) is 42.5. The molecule has 1 aliphatic rings. The van der Waals surface area contributed by atoms with Crippen molar-refractivity contribution in [1.29, 1.82) is 0 Å². The van der Waals surface area contributed by atoms with E-state index < -0.39 is 0 Å². The maximum atomic E-state index is 14.0. The molecular weight excluding hydrogens is 787 g/mol. The number of aromatic nitrogens is 5. The third kappa shape index (κ3) is 8.54. The van der Waals surface area contributed by atoms with Crippen LogP contribution in [0.2, 0.25) is 0 Å². The van der Waals surface area contributed by atoms with Crippen molar-refractivity contribution >= 4 is 45.9 Å². The number of nitrogens with two attached hydrogens (primary N) is 1. The lowest BCUT2D eigenvalue weighted by atomic mass is 9.99. The van der Waals surface area contributed by atoms with Gasteiger partial charge in [0.05, 0.1) is 22.8 Å². The zero-order chi connectivity index (χ0) is 42.7. The largest absolute Gasteiger partial charge is 0.399 e. The number of hydrogen-bond donors (Lipinski definition) is 3. The van der Waals surface area contributed by atoms with Gasteiger partial charge in [-0.15, -0.1) is 0 Å². The molecule has 1 amide bonds. The summed E-state index contributed by atoms with van der Waals surface area (Å²) >= 11 is 1.67. The minimum atomic E-state index is -0.347. The Morgan fingerprint density at radius 3 is 2.18 bits per heavy atom. The number of imidazole rings is 1. The van der Waals surface area contributed by atoms with E-state index in [9.17, 15) is 4.79 Å². The maximum absolute atomic E-state index is 14.0. The van der Waals surface area contributed by atoms with Gasteiger partial charge in [0.25, 0.3) is 0 Å². The summed E-state index contributed by atoms with van der Waals surface area (Å²) in [5.74, 6) is 1.93. The number of nitrogens with zero attached hydrogens (tertiary/aromatic N) is 6. The van der Waals surface area contributed by atoms with Gasteiger partial charge in [-0.2, -0.15) is 0 Å². The molecule has 310 valence electrons. The molecule has 1 aliphatic heterocycles. The van der Waals surface area contributed by atoms with E-state index in [4.69, 9.17) is 15.7 Å². The first kappa shape index (κ1) is 40.6. The van der Waals surface area contributed by atoms with Gasteiger partial charge in [-0.3, -0.25) is 9.69 Å². The Kier molecular flexibility index (Phi) is 11.6. The van der Waals surface area contributed by atoms with Crippen molar-refractivity contribution in [1.82, 2.24) is 34.7 Å². The minimum absolute atomic E-state index is 0.0895. The summed E-state index contributed by atoms with van der Waals surface area (Å²) in [6.07, 6.45) is 5.34. The van der Waals surface area contributed by atoms with Gasteiger partial charge in [-0.25, -0.2) is 19.9 Å². The molecule has 3 aromatic heterocycles. The van der Waals surface area contributed by atoms with E-state index in [1.165, 1.54) is 0 Å². The molecule has 11 heteroatoms. The van der Waals surface area contributed by atoms with Gasteiger partial charge in [0.1, 0.15) is 24.0 Å². The Bertz CT molecular complexity index is 2820. The Morgan fingerprint density at radius 1 is 0.806 bits per heavy atom. The second-order valence-electron chi connectivity index (χ2n) is 16.3. The Hall–Kier alpha value is -6.82. The van der Waals surface area contributed by atoms with Crippen LogP contribution in [-0.2, 0) is 4.79 Å².